The normalized spacial score (nSPS) is 10.4. The molecule has 0 radical (unpaired) electrons. The number of rotatable bonds is 3. The van der Waals surface area contributed by atoms with E-state index in [0.717, 1.165) is 15.7 Å². The maximum Gasteiger partial charge on any atom is 0.0595 e. The van der Waals surface area contributed by atoms with Gasteiger partial charge in [0.15, 0.2) is 0 Å². The van der Waals surface area contributed by atoms with Gasteiger partial charge in [-0.1, -0.05) is 35.3 Å². The van der Waals surface area contributed by atoms with Crippen molar-refractivity contribution in [3.63, 3.8) is 0 Å². The van der Waals surface area contributed by atoms with Crippen LogP contribution in [-0.2, 0) is 6.54 Å². The van der Waals surface area contributed by atoms with Crippen molar-refractivity contribution in [1.82, 2.24) is 0 Å². The predicted octanol–water partition coefficient (Wildman–Crippen LogP) is 5.68. The van der Waals surface area contributed by atoms with Crippen LogP contribution in [0.1, 0.15) is 11.1 Å². The Hall–Kier alpha value is -0.700. The summed E-state index contributed by atoms with van der Waals surface area (Å²) in [6.45, 7) is 2.77. The summed E-state index contributed by atoms with van der Waals surface area (Å²) in [5.74, 6) is 0. The van der Waals surface area contributed by atoms with E-state index in [1.807, 2.05) is 24.3 Å². The van der Waals surface area contributed by atoms with Gasteiger partial charge in [0.1, 0.15) is 0 Å². The van der Waals surface area contributed by atoms with Gasteiger partial charge in [0, 0.05) is 16.7 Å². The zero-order chi connectivity index (χ0) is 13.1. The van der Waals surface area contributed by atoms with E-state index in [4.69, 9.17) is 23.2 Å². The maximum atomic E-state index is 5.98. The molecule has 0 amide bonds. The van der Waals surface area contributed by atoms with Crippen molar-refractivity contribution in [2.45, 2.75) is 13.5 Å². The number of anilines is 1. The molecule has 0 aliphatic carbocycles. The summed E-state index contributed by atoms with van der Waals surface area (Å²) >= 11 is 15.4. The molecule has 0 bridgehead atoms. The lowest BCUT2D eigenvalue weighted by molar-refractivity contribution is 1.14. The first-order valence-electron chi connectivity index (χ1n) is 5.50. The lowest BCUT2D eigenvalue weighted by Crippen LogP contribution is -2.00. The first-order chi connectivity index (χ1) is 8.56. The van der Waals surface area contributed by atoms with Crippen LogP contribution in [0.4, 0.5) is 5.69 Å². The van der Waals surface area contributed by atoms with Gasteiger partial charge >= 0.3 is 0 Å². The summed E-state index contributed by atoms with van der Waals surface area (Å²) in [6, 6.07) is 11.8. The molecule has 2 aromatic carbocycles. The van der Waals surface area contributed by atoms with Gasteiger partial charge in [-0.3, -0.25) is 0 Å². The first-order valence-corrected chi connectivity index (χ1v) is 7.05. The molecule has 2 aromatic rings. The molecular weight excluding hydrogens is 333 g/mol. The van der Waals surface area contributed by atoms with Crippen molar-refractivity contribution in [1.29, 1.82) is 0 Å². The van der Waals surface area contributed by atoms with Crippen LogP contribution in [0.5, 0.6) is 0 Å². The number of aryl methyl sites for hydroxylation is 1. The third-order valence-corrected chi connectivity index (χ3v) is 4.02. The minimum atomic E-state index is 0.581. The van der Waals surface area contributed by atoms with Gasteiger partial charge < -0.3 is 5.32 Å². The lowest BCUT2D eigenvalue weighted by atomic mass is 10.2. The van der Waals surface area contributed by atoms with Crippen molar-refractivity contribution >= 4 is 44.8 Å². The van der Waals surface area contributed by atoms with E-state index in [1.54, 1.807) is 0 Å². The minimum Gasteiger partial charge on any atom is -0.380 e. The molecule has 0 saturated carbocycles. The largest absolute Gasteiger partial charge is 0.380 e. The van der Waals surface area contributed by atoms with Gasteiger partial charge in [-0.05, 0) is 58.2 Å². The Bertz CT molecular complexity index is 570. The number of hydrogen-bond donors (Lipinski definition) is 1. The smallest absolute Gasteiger partial charge is 0.0595 e. The van der Waals surface area contributed by atoms with Gasteiger partial charge in [-0.15, -0.1) is 0 Å². The fourth-order valence-electron chi connectivity index (χ4n) is 1.62. The molecule has 0 atom stereocenters. The van der Waals surface area contributed by atoms with E-state index in [9.17, 15) is 0 Å². The fourth-order valence-corrected chi connectivity index (χ4v) is 2.33. The molecule has 1 N–H and O–H groups in total. The van der Waals surface area contributed by atoms with Crippen LogP contribution in [0.2, 0.25) is 10.0 Å². The van der Waals surface area contributed by atoms with Crippen LogP contribution in [0.15, 0.2) is 40.9 Å². The van der Waals surface area contributed by atoms with Crippen LogP contribution in [-0.4, -0.2) is 0 Å². The van der Waals surface area contributed by atoms with E-state index in [-0.39, 0.29) is 0 Å². The van der Waals surface area contributed by atoms with E-state index in [0.29, 0.717) is 16.6 Å². The first kappa shape index (κ1) is 13.7. The van der Waals surface area contributed by atoms with E-state index >= 15 is 0 Å². The second-order valence-corrected chi connectivity index (χ2v) is 5.75. The van der Waals surface area contributed by atoms with Crippen LogP contribution >= 0.6 is 39.1 Å². The Morgan fingerprint density at radius 1 is 1.06 bits per heavy atom. The van der Waals surface area contributed by atoms with Crippen molar-refractivity contribution in [2.24, 2.45) is 0 Å². The maximum absolute atomic E-state index is 5.98. The third kappa shape index (κ3) is 3.41. The average Bonchev–Trinajstić information content (AvgIpc) is 2.34. The molecule has 4 heteroatoms. The van der Waals surface area contributed by atoms with Crippen LogP contribution < -0.4 is 5.32 Å². The van der Waals surface area contributed by atoms with Gasteiger partial charge in [-0.25, -0.2) is 0 Å². The topological polar surface area (TPSA) is 12.0 Å². The van der Waals surface area contributed by atoms with Crippen molar-refractivity contribution in [2.75, 3.05) is 5.32 Å². The van der Waals surface area contributed by atoms with E-state index in [2.05, 4.69) is 40.3 Å². The van der Waals surface area contributed by atoms with Crippen LogP contribution in [0.3, 0.4) is 0 Å². The molecule has 0 heterocycles. The summed E-state index contributed by atoms with van der Waals surface area (Å²) in [5.41, 5.74) is 3.38. The Morgan fingerprint density at radius 3 is 2.56 bits per heavy atom. The van der Waals surface area contributed by atoms with Crippen molar-refractivity contribution in [3.05, 3.63) is 62.0 Å². The summed E-state index contributed by atoms with van der Waals surface area (Å²) < 4.78 is 1.05. The minimum absolute atomic E-state index is 0.581. The van der Waals surface area contributed by atoms with Gasteiger partial charge in [-0.2, -0.15) is 0 Å². The summed E-state index contributed by atoms with van der Waals surface area (Å²) in [4.78, 5) is 0. The standard InChI is InChI=1S/C14H12BrCl2N/c1-9-2-4-11(15)14(6-9)18-8-10-3-5-12(16)13(17)7-10/h2-7,18H,8H2,1H3. The number of benzene rings is 2. The Kier molecular flexibility index (Phi) is 4.55. The highest BCUT2D eigenvalue weighted by atomic mass is 79.9. The van der Waals surface area contributed by atoms with Gasteiger partial charge in [0.2, 0.25) is 0 Å². The molecule has 0 aliphatic rings. The number of halogens is 3. The predicted molar refractivity (Wildman–Crippen MR) is 82.7 cm³/mol. The molecule has 0 spiro atoms. The molecule has 0 aromatic heterocycles. The molecule has 2 rings (SSSR count). The average molecular weight is 345 g/mol. The van der Waals surface area contributed by atoms with E-state index < -0.39 is 0 Å². The molecule has 0 fully saturated rings. The Labute approximate surface area is 125 Å². The van der Waals surface area contributed by atoms with Gasteiger partial charge in [0.25, 0.3) is 0 Å². The molecule has 0 saturated heterocycles. The molecular formula is C14H12BrCl2N. The van der Waals surface area contributed by atoms with E-state index in [1.165, 1.54) is 5.56 Å². The van der Waals surface area contributed by atoms with Gasteiger partial charge in [0.05, 0.1) is 10.0 Å². The Morgan fingerprint density at radius 2 is 1.83 bits per heavy atom. The number of hydrogen-bond acceptors (Lipinski definition) is 1. The fraction of sp³-hybridized carbons (Fsp3) is 0.143. The second kappa shape index (κ2) is 5.96. The zero-order valence-corrected chi connectivity index (χ0v) is 12.9. The third-order valence-electron chi connectivity index (χ3n) is 2.59. The number of nitrogens with one attached hydrogen (secondary N) is 1. The highest BCUT2D eigenvalue weighted by molar-refractivity contribution is 9.10. The molecule has 1 nitrogen and oxygen atoms in total. The highest BCUT2D eigenvalue weighted by Gasteiger charge is 2.02. The molecule has 94 valence electrons. The summed E-state index contributed by atoms with van der Waals surface area (Å²) in [6.07, 6.45) is 0. The molecule has 18 heavy (non-hydrogen) atoms. The summed E-state index contributed by atoms with van der Waals surface area (Å²) in [5, 5.41) is 4.53. The zero-order valence-electron chi connectivity index (χ0n) is 9.81. The van der Waals surface area contributed by atoms with Crippen LogP contribution in [0, 0.1) is 6.92 Å². The quantitative estimate of drug-likeness (QED) is 0.755. The van der Waals surface area contributed by atoms with Crippen LogP contribution in [0.25, 0.3) is 0 Å². The highest BCUT2D eigenvalue weighted by Crippen LogP contribution is 2.26. The monoisotopic (exact) mass is 343 g/mol. The molecule has 0 unspecified atom stereocenters. The Balaban J connectivity index is 2.11. The lowest BCUT2D eigenvalue weighted by Gasteiger charge is -2.10. The SMILES string of the molecule is Cc1ccc(Br)c(NCc2ccc(Cl)c(Cl)c2)c1. The van der Waals surface area contributed by atoms with Crippen molar-refractivity contribution < 1.29 is 0 Å². The summed E-state index contributed by atoms with van der Waals surface area (Å²) in [7, 11) is 0. The molecule has 0 aliphatic heterocycles. The van der Waals surface area contributed by atoms with Crippen molar-refractivity contribution in [3.8, 4) is 0 Å². The second-order valence-electron chi connectivity index (χ2n) is 4.09.